The Morgan fingerprint density at radius 2 is 1.65 bits per heavy atom. The van der Waals surface area contributed by atoms with Crippen molar-refractivity contribution in [3.8, 4) is 0 Å². The molecule has 1 aromatic rings. The molecule has 0 fully saturated rings. The quantitative estimate of drug-likeness (QED) is 0.782. The minimum Gasteiger partial charge on any atom is -0.452 e. The second-order valence-electron chi connectivity index (χ2n) is 6.76. The summed E-state index contributed by atoms with van der Waals surface area (Å²) in [5, 5.41) is 0. The van der Waals surface area contributed by atoms with Gasteiger partial charge in [-0.3, -0.25) is 4.79 Å². The van der Waals surface area contributed by atoms with E-state index < -0.39 is 5.97 Å². The fraction of sp³-hybridized carbons (Fsp3) is 0.579. The number of ether oxygens (including phenoxy) is 1. The van der Waals surface area contributed by atoms with Crippen molar-refractivity contribution in [2.45, 2.75) is 65.5 Å². The lowest BCUT2D eigenvalue weighted by Crippen LogP contribution is -2.44. The third-order valence-corrected chi connectivity index (χ3v) is 4.31. The third kappa shape index (κ3) is 4.34. The molecule has 1 amide bonds. The summed E-state index contributed by atoms with van der Waals surface area (Å²) in [6.45, 7) is 7.64. The summed E-state index contributed by atoms with van der Waals surface area (Å²) < 4.78 is 5.23. The molecular formula is C19H27NO3. The lowest BCUT2D eigenvalue weighted by molar-refractivity contribution is -0.138. The maximum Gasteiger partial charge on any atom is 0.338 e. The van der Waals surface area contributed by atoms with Gasteiger partial charge in [-0.25, -0.2) is 4.79 Å². The molecule has 0 bridgehead atoms. The Morgan fingerprint density at radius 3 is 2.26 bits per heavy atom. The summed E-state index contributed by atoms with van der Waals surface area (Å²) in [7, 11) is 0. The first kappa shape index (κ1) is 17.5. The number of aryl methyl sites for hydroxylation is 2. The summed E-state index contributed by atoms with van der Waals surface area (Å²) >= 11 is 0. The summed E-state index contributed by atoms with van der Waals surface area (Å²) in [6.07, 6.45) is 4.48. The minimum atomic E-state index is -0.417. The number of esters is 1. The topological polar surface area (TPSA) is 46.6 Å². The average molecular weight is 317 g/mol. The fourth-order valence-electron chi connectivity index (χ4n) is 3.32. The number of rotatable bonds is 5. The van der Waals surface area contributed by atoms with Gasteiger partial charge in [0.25, 0.3) is 5.91 Å². The van der Waals surface area contributed by atoms with Crippen LogP contribution in [0.2, 0.25) is 0 Å². The number of hydrogen-bond donors (Lipinski definition) is 0. The van der Waals surface area contributed by atoms with Crippen LogP contribution in [0.5, 0.6) is 0 Å². The van der Waals surface area contributed by atoms with E-state index >= 15 is 0 Å². The van der Waals surface area contributed by atoms with E-state index in [2.05, 4.69) is 0 Å². The molecule has 0 spiro atoms. The fourth-order valence-corrected chi connectivity index (χ4v) is 3.32. The van der Waals surface area contributed by atoms with E-state index in [9.17, 15) is 9.59 Å². The summed E-state index contributed by atoms with van der Waals surface area (Å²) in [6, 6.07) is 5.92. The molecule has 1 aromatic carbocycles. The molecule has 1 aliphatic carbocycles. The number of benzene rings is 1. The van der Waals surface area contributed by atoms with Gasteiger partial charge in [0.15, 0.2) is 6.61 Å². The SMILES string of the molecule is CC(C)N(C(=O)COC(=O)c1ccc2c(c1)CCCC2)C(C)C. The molecule has 23 heavy (non-hydrogen) atoms. The van der Waals surface area contributed by atoms with E-state index in [1.165, 1.54) is 24.0 Å². The average Bonchev–Trinajstić information content (AvgIpc) is 2.51. The number of amides is 1. The van der Waals surface area contributed by atoms with Crippen molar-refractivity contribution in [1.82, 2.24) is 4.90 Å². The van der Waals surface area contributed by atoms with E-state index in [0.29, 0.717) is 5.56 Å². The van der Waals surface area contributed by atoms with Crippen molar-refractivity contribution in [3.05, 3.63) is 34.9 Å². The van der Waals surface area contributed by atoms with Crippen molar-refractivity contribution in [1.29, 1.82) is 0 Å². The van der Waals surface area contributed by atoms with Gasteiger partial charge in [0.05, 0.1) is 5.56 Å². The highest BCUT2D eigenvalue weighted by Crippen LogP contribution is 2.22. The van der Waals surface area contributed by atoms with Crippen molar-refractivity contribution in [2.75, 3.05) is 6.61 Å². The van der Waals surface area contributed by atoms with E-state index in [1.54, 1.807) is 11.0 Å². The molecule has 4 nitrogen and oxygen atoms in total. The van der Waals surface area contributed by atoms with Crippen LogP contribution >= 0.6 is 0 Å². The Labute approximate surface area is 138 Å². The Morgan fingerprint density at radius 1 is 1.04 bits per heavy atom. The van der Waals surface area contributed by atoms with Gasteiger partial charge >= 0.3 is 5.97 Å². The maximum atomic E-state index is 12.2. The predicted octanol–water partition coefficient (Wildman–Crippen LogP) is 3.37. The summed E-state index contributed by atoms with van der Waals surface area (Å²) in [4.78, 5) is 26.2. The molecule has 4 heteroatoms. The molecule has 0 N–H and O–H groups in total. The number of hydrogen-bond acceptors (Lipinski definition) is 3. The van der Waals surface area contributed by atoms with Crippen LogP contribution in [0.1, 0.15) is 62.0 Å². The van der Waals surface area contributed by atoms with Crippen molar-refractivity contribution in [2.24, 2.45) is 0 Å². The van der Waals surface area contributed by atoms with Crippen LogP contribution in [-0.4, -0.2) is 35.5 Å². The van der Waals surface area contributed by atoms with Crippen LogP contribution in [0.4, 0.5) is 0 Å². The van der Waals surface area contributed by atoms with Crippen LogP contribution in [0.3, 0.4) is 0 Å². The number of carbonyl (C=O) groups is 2. The molecule has 2 rings (SSSR count). The first-order chi connectivity index (χ1) is 10.9. The van der Waals surface area contributed by atoms with Crippen molar-refractivity contribution < 1.29 is 14.3 Å². The standard InChI is InChI=1S/C19H27NO3/c1-13(2)20(14(3)4)18(21)12-23-19(22)17-10-9-15-7-5-6-8-16(15)11-17/h9-11,13-14H,5-8,12H2,1-4H3. The zero-order valence-corrected chi connectivity index (χ0v) is 14.6. The van der Waals surface area contributed by atoms with Crippen LogP contribution < -0.4 is 0 Å². The minimum absolute atomic E-state index is 0.0879. The highest BCUT2D eigenvalue weighted by molar-refractivity contribution is 5.91. The van der Waals surface area contributed by atoms with E-state index in [1.807, 2.05) is 39.8 Å². The molecule has 0 radical (unpaired) electrons. The molecule has 0 aliphatic heterocycles. The predicted molar refractivity (Wildman–Crippen MR) is 90.5 cm³/mol. The number of fused-ring (bicyclic) bond motifs is 1. The Kier molecular flexibility index (Phi) is 5.80. The van der Waals surface area contributed by atoms with E-state index in [0.717, 1.165) is 12.8 Å². The zero-order chi connectivity index (χ0) is 17.0. The van der Waals surface area contributed by atoms with Gasteiger partial charge < -0.3 is 9.64 Å². The zero-order valence-electron chi connectivity index (χ0n) is 14.6. The second-order valence-corrected chi connectivity index (χ2v) is 6.76. The highest BCUT2D eigenvalue weighted by atomic mass is 16.5. The van der Waals surface area contributed by atoms with Gasteiger partial charge in [-0.2, -0.15) is 0 Å². The number of nitrogens with zero attached hydrogens (tertiary/aromatic N) is 1. The van der Waals surface area contributed by atoms with Gasteiger partial charge in [-0.15, -0.1) is 0 Å². The van der Waals surface area contributed by atoms with Gasteiger partial charge in [-0.05, 0) is 76.6 Å². The number of carbonyl (C=O) groups excluding carboxylic acids is 2. The van der Waals surface area contributed by atoms with Gasteiger partial charge in [0.1, 0.15) is 0 Å². The second kappa shape index (κ2) is 7.62. The molecular weight excluding hydrogens is 290 g/mol. The lowest BCUT2D eigenvalue weighted by Gasteiger charge is -2.30. The molecule has 0 aromatic heterocycles. The Hall–Kier alpha value is -1.84. The lowest BCUT2D eigenvalue weighted by atomic mass is 9.90. The molecule has 126 valence electrons. The summed E-state index contributed by atoms with van der Waals surface area (Å²) in [5.74, 6) is -0.569. The largest absolute Gasteiger partial charge is 0.452 e. The molecule has 0 saturated carbocycles. The van der Waals surface area contributed by atoms with Crippen LogP contribution in [0, 0.1) is 0 Å². The van der Waals surface area contributed by atoms with Crippen molar-refractivity contribution >= 4 is 11.9 Å². The first-order valence-corrected chi connectivity index (χ1v) is 8.50. The third-order valence-electron chi connectivity index (χ3n) is 4.31. The van der Waals surface area contributed by atoms with Crippen LogP contribution in [-0.2, 0) is 22.4 Å². The normalized spacial score (nSPS) is 13.8. The van der Waals surface area contributed by atoms with Crippen molar-refractivity contribution in [3.63, 3.8) is 0 Å². The van der Waals surface area contributed by atoms with Crippen LogP contribution in [0.15, 0.2) is 18.2 Å². The first-order valence-electron chi connectivity index (χ1n) is 8.50. The molecule has 0 unspecified atom stereocenters. The molecule has 0 atom stereocenters. The highest BCUT2D eigenvalue weighted by Gasteiger charge is 2.22. The smallest absolute Gasteiger partial charge is 0.338 e. The molecule has 0 saturated heterocycles. The van der Waals surface area contributed by atoms with E-state index in [4.69, 9.17) is 4.74 Å². The maximum absolute atomic E-state index is 12.2. The summed E-state index contributed by atoms with van der Waals surface area (Å²) in [5.41, 5.74) is 3.11. The van der Waals surface area contributed by atoms with Crippen LogP contribution in [0.25, 0.3) is 0 Å². The van der Waals surface area contributed by atoms with E-state index in [-0.39, 0.29) is 24.6 Å². The monoisotopic (exact) mass is 317 g/mol. The Bertz CT molecular complexity index is 570. The molecule has 0 heterocycles. The van der Waals surface area contributed by atoms with Gasteiger partial charge in [-0.1, -0.05) is 6.07 Å². The van der Waals surface area contributed by atoms with Gasteiger partial charge in [0.2, 0.25) is 0 Å². The molecule has 1 aliphatic rings. The van der Waals surface area contributed by atoms with Gasteiger partial charge in [0, 0.05) is 12.1 Å². The Balaban J connectivity index is 1.98.